The molecule has 0 amide bonds. The van der Waals surface area contributed by atoms with Gasteiger partial charge in [-0.15, -0.1) is 0 Å². The second kappa shape index (κ2) is 7.25. The van der Waals surface area contributed by atoms with E-state index in [4.69, 9.17) is 10.5 Å². The number of hydrogen-bond acceptors (Lipinski definition) is 4. The highest BCUT2D eigenvalue weighted by Gasteiger charge is 2.12. The highest BCUT2D eigenvalue weighted by molar-refractivity contribution is 5.25. The summed E-state index contributed by atoms with van der Waals surface area (Å²) in [5, 5.41) is 0. The first-order valence-electron chi connectivity index (χ1n) is 6.11. The molecule has 0 fully saturated rings. The summed E-state index contributed by atoms with van der Waals surface area (Å²) in [6.45, 7) is 6.98. The van der Waals surface area contributed by atoms with Crippen LogP contribution in [0.2, 0.25) is 0 Å². The minimum Gasteiger partial charge on any atom is -0.481 e. The van der Waals surface area contributed by atoms with Crippen molar-refractivity contribution in [3.05, 3.63) is 23.9 Å². The zero-order chi connectivity index (χ0) is 12.7. The summed E-state index contributed by atoms with van der Waals surface area (Å²) >= 11 is 0. The molecule has 0 aromatic carbocycles. The molecule has 0 atom stereocenters. The summed E-state index contributed by atoms with van der Waals surface area (Å²) in [5.41, 5.74) is 6.69. The largest absolute Gasteiger partial charge is 0.481 e. The Bertz CT molecular complexity index is 328. The van der Waals surface area contributed by atoms with Crippen molar-refractivity contribution in [3.63, 3.8) is 0 Å². The lowest BCUT2D eigenvalue weighted by atomic mass is 10.2. The monoisotopic (exact) mass is 237 g/mol. The number of nitrogens with zero attached hydrogens (tertiary/aromatic N) is 2. The third-order valence-electron chi connectivity index (χ3n) is 2.80. The third kappa shape index (κ3) is 4.32. The zero-order valence-corrected chi connectivity index (χ0v) is 11.0. The van der Waals surface area contributed by atoms with Crippen molar-refractivity contribution in [1.82, 2.24) is 9.88 Å². The number of aromatic nitrogens is 1. The molecule has 0 saturated carbocycles. The molecule has 1 rings (SSSR count). The van der Waals surface area contributed by atoms with Crippen LogP contribution in [0.1, 0.15) is 25.8 Å². The quantitative estimate of drug-likeness (QED) is 0.783. The van der Waals surface area contributed by atoms with Crippen molar-refractivity contribution in [2.75, 3.05) is 20.2 Å². The van der Waals surface area contributed by atoms with Gasteiger partial charge < -0.3 is 10.5 Å². The molecule has 1 heterocycles. The molecule has 0 aliphatic rings. The smallest absolute Gasteiger partial charge is 0.217 e. The van der Waals surface area contributed by atoms with Gasteiger partial charge in [-0.1, -0.05) is 6.07 Å². The number of hydrogen-bond donors (Lipinski definition) is 1. The van der Waals surface area contributed by atoms with Crippen molar-refractivity contribution in [3.8, 4) is 5.88 Å². The van der Waals surface area contributed by atoms with Crippen LogP contribution in [0.25, 0.3) is 0 Å². The Morgan fingerprint density at radius 3 is 2.82 bits per heavy atom. The lowest BCUT2D eigenvalue weighted by molar-refractivity contribution is 0.208. The van der Waals surface area contributed by atoms with Gasteiger partial charge in [-0.25, -0.2) is 4.98 Å². The molecule has 4 nitrogen and oxygen atoms in total. The predicted molar refractivity (Wildman–Crippen MR) is 70.0 cm³/mol. The Labute approximate surface area is 104 Å². The van der Waals surface area contributed by atoms with E-state index in [1.165, 1.54) is 0 Å². The molecule has 1 aromatic heterocycles. The van der Waals surface area contributed by atoms with Crippen LogP contribution in [0.5, 0.6) is 5.88 Å². The second-order valence-electron chi connectivity index (χ2n) is 4.38. The van der Waals surface area contributed by atoms with E-state index in [-0.39, 0.29) is 0 Å². The number of ether oxygens (including phenoxy) is 1. The van der Waals surface area contributed by atoms with Gasteiger partial charge in [0.1, 0.15) is 0 Å². The van der Waals surface area contributed by atoms with E-state index in [9.17, 15) is 0 Å². The fourth-order valence-electron chi connectivity index (χ4n) is 1.76. The molecule has 0 aliphatic heterocycles. The molecule has 0 radical (unpaired) electrons. The van der Waals surface area contributed by atoms with Gasteiger partial charge in [-0.2, -0.15) is 0 Å². The van der Waals surface area contributed by atoms with Crippen molar-refractivity contribution in [1.29, 1.82) is 0 Å². The lowest BCUT2D eigenvalue weighted by Crippen LogP contribution is -2.32. The van der Waals surface area contributed by atoms with Crippen LogP contribution >= 0.6 is 0 Å². The van der Waals surface area contributed by atoms with Crippen molar-refractivity contribution in [2.24, 2.45) is 5.73 Å². The Morgan fingerprint density at radius 2 is 2.24 bits per heavy atom. The van der Waals surface area contributed by atoms with Crippen LogP contribution in [0.15, 0.2) is 18.3 Å². The third-order valence-corrected chi connectivity index (χ3v) is 2.80. The summed E-state index contributed by atoms with van der Waals surface area (Å²) < 4.78 is 5.27. The molecule has 0 saturated heterocycles. The average Bonchev–Trinajstić information content (AvgIpc) is 2.34. The summed E-state index contributed by atoms with van der Waals surface area (Å²) in [6, 6.07) is 4.50. The van der Waals surface area contributed by atoms with Crippen LogP contribution in [0, 0.1) is 0 Å². The number of rotatable bonds is 7. The van der Waals surface area contributed by atoms with E-state index >= 15 is 0 Å². The molecule has 0 bridgehead atoms. The summed E-state index contributed by atoms with van der Waals surface area (Å²) in [7, 11) is 1.66. The molecule has 4 heteroatoms. The van der Waals surface area contributed by atoms with E-state index in [2.05, 4.69) is 29.8 Å². The van der Waals surface area contributed by atoms with Gasteiger partial charge >= 0.3 is 0 Å². The molecule has 0 aliphatic carbocycles. The van der Waals surface area contributed by atoms with Crippen LogP contribution in [0.4, 0.5) is 0 Å². The van der Waals surface area contributed by atoms with Gasteiger partial charge in [0.25, 0.3) is 0 Å². The van der Waals surface area contributed by atoms with Crippen molar-refractivity contribution < 1.29 is 4.74 Å². The van der Waals surface area contributed by atoms with Gasteiger partial charge in [0.15, 0.2) is 0 Å². The molecular weight excluding hydrogens is 214 g/mol. The van der Waals surface area contributed by atoms with Gasteiger partial charge in [-0.05, 0) is 39.4 Å². The van der Waals surface area contributed by atoms with Crippen LogP contribution in [0.3, 0.4) is 0 Å². The molecule has 17 heavy (non-hydrogen) atoms. The van der Waals surface area contributed by atoms with E-state index in [1.54, 1.807) is 13.3 Å². The SMILES string of the molecule is COc1ncccc1CN(CCCN)C(C)C. The Morgan fingerprint density at radius 1 is 1.47 bits per heavy atom. The van der Waals surface area contributed by atoms with Gasteiger partial charge in [0, 0.05) is 24.3 Å². The Hall–Kier alpha value is -1.13. The van der Waals surface area contributed by atoms with Crippen molar-refractivity contribution in [2.45, 2.75) is 32.9 Å². The van der Waals surface area contributed by atoms with Crippen LogP contribution in [-0.4, -0.2) is 36.1 Å². The first-order chi connectivity index (χ1) is 8.19. The molecule has 0 spiro atoms. The van der Waals surface area contributed by atoms with Crippen LogP contribution < -0.4 is 10.5 Å². The van der Waals surface area contributed by atoms with E-state index < -0.39 is 0 Å². The molecule has 2 N–H and O–H groups in total. The van der Waals surface area contributed by atoms with Crippen LogP contribution in [-0.2, 0) is 6.54 Å². The van der Waals surface area contributed by atoms with Crippen molar-refractivity contribution >= 4 is 0 Å². The maximum atomic E-state index is 5.56. The summed E-state index contributed by atoms with van der Waals surface area (Å²) in [6.07, 6.45) is 2.77. The predicted octanol–water partition coefficient (Wildman–Crippen LogP) is 1.65. The fraction of sp³-hybridized carbons (Fsp3) is 0.615. The topological polar surface area (TPSA) is 51.4 Å². The molecule has 1 aromatic rings. The first-order valence-corrected chi connectivity index (χ1v) is 6.11. The standard InChI is InChI=1S/C13H23N3O/c1-11(2)16(9-5-7-14)10-12-6-4-8-15-13(12)17-3/h4,6,8,11H,5,7,9-10,14H2,1-3H3. The summed E-state index contributed by atoms with van der Waals surface area (Å²) in [5.74, 6) is 0.714. The van der Waals surface area contributed by atoms with E-state index in [1.807, 2.05) is 6.07 Å². The summed E-state index contributed by atoms with van der Waals surface area (Å²) in [4.78, 5) is 6.60. The number of nitrogens with two attached hydrogens (primary N) is 1. The first kappa shape index (κ1) is 13.9. The Kier molecular flexibility index (Phi) is 5.94. The maximum Gasteiger partial charge on any atom is 0.217 e. The molecular formula is C13H23N3O. The second-order valence-corrected chi connectivity index (χ2v) is 4.38. The van der Waals surface area contributed by atoms with Gasteiger partial charge in [-0.3, -0.25) is 4.90 Å². The van der Waals surface area contributed by atoms with E-state index in [0.29, 0.717) is 11.9 Å². The maximum absolute atomic E-state index is 5.56. The van der Waals surface area contributed by atoms with Gasteiger partial charge in [0.05, 0.1) is 7.11 Å². The lowest BCUT2D eigenvalue weighted by Gasteiger charge is -2.26. The zero-order valence-electron chi connectivity index (χ0n) is 11.0. The normalized spacial score (nSPS) is 11.2. The number of pyridine rings is 1. The number of methoxy groups -OCH3 is 1. The minimum absolute atomic E-state index is 0.492. The highest BCUT2D eigenvalue weighted by atomic mass is 16.5. The Balaban J connectivity index is 2.71. The molecule has 0 unspecified atom stereocenters. The molecule has 96 valence electrons. The fourth-order valence-corrected chi connectivity index (χ4v) is 1.76. The highest BCUT2D eigenvalue weighted by Crippen LogP contribution is 2.17. The average molecular weight is 237 g/mol. The van der Waals surface area contributed by atoms with Gasteiger partial charge in [0.2, 0.25) is 5.88 Å². The van der Waals surface area contributed by atoms with E-state index in [0.717, 1.165) is 31.6 Å². The minimum atomic E-state index is 0.492.